The monoisotopic (exact) mass is 198 g/mol. The molecule has 1 N–H and O–H groups in total. The first-order chi connectivity index (χ1) is 6.61. The van der Waals surface area contributed by atoms with Gasteiger partial charge in [0.2, 0.25) is 5.82 Å². The third-order valence-corrected chi connectivity index (χ3v) is 1.95. The van der Waals surface area contributed by atoms with E-state index in [4.69, 9.17) is 0 Å². The Labute approximate surface area is 82.1 Å². The Morgan fingerprint density at radius 1 is 1.57 bits per heavy atom. The first kappa shape index (κ1) is 10.5. The van der Waals surface area contributed by atoms with E-state index in [1.165, 1.54) is 4.68 Å². The topological polar surface area (TPSA) is 73.0 Å². The van der Waals surface area contributed by atoms with Crippen LogP contribution in [0, 0.1) is 10.1 Å². The number of rotatable bonds is 4. The average molecular weight is 198 g/mol. The van der Waals surface area contributed by atoms with Crippen LogP contribution in [0.4, 0.5) is 11.5 Å². The number of aryl methyl sites for hydroxylation is 2. The minimum absolute atomic E-state index is 0.0943. The molecule has 14 heavy (non-hydrogen) atoms. The second kappa shape index (κ2) is 4.08. The van der Waals surface area contributed by atoms with Crippen LogP contribution in [0.15, 0.2) is 0 Å². The van der Waals surface area contributed by atoms with Crippen molar-refractivity contribution in [2.75, 3.05) is 11.9 Å². The van der Waals surface area contributed by atoms with Crippen molar-refractivity contribution < 1.29 is 4.92 Å². The molecule has 0 aliphatic rings. The predicted octanol–water partition coefficient (Wildman–Crippen LogP) is 1.32. The maximum Gasteiger partial charge on any atom is 0.333 e. The van der Waals surface area contributed by atoms with E-state index < -0.39 is 0 Å². The Hall–Kier alpha value is -1.59. The Morgan fingerprint density at radius 3 is 2.64 bits per heavy atom. The second-order valence-electron chi connectivity index (χ2n) is 2.91. The van der Waals surface area contributed by atoms with Crippen molar-refractivity contribution >= 4 is 11.5 Å². The summed E-state index contributed by atoms with van der Waals surface area (Å²) in [7, 11) is 1.70. The quantitative estimate of drug-likeness (QED) is 0.585. The molecular weight excluding hydrogens is 184 g/mol. The molecule has 78 valence electrons. The maximum atomic E-state index is 10.8. The van der Waals surface area contributed by atoms with E-state index in [0.29, 0.717) is 24.5 Å². The van der Waals surface area contributed by atoms with Crippen LogP contribution in [0.2, 0.25) is 0 Å². The molecule has 1 heterocycles. The summed E-state index contributed by atoms with van der Waals surface area (Å²) in [5.74, 6) is 0.481. The highest BCUT2D eigenvalue weighted by atomic mass is 16.6. The second-order valence-corrected chi connectivity index (χ2v) is 2.91. The van der Waals surface area contributed by atoms with Crippen LogP contribution < -0.4 is 5.32 Å². The van der Waals surface area contributed by atoms with E-state index in [9.17, 15) is 10.1 Å². The molecule has 6 heteroatoms. The van der Waals surface area contributed by atoms with Crippen molar-refractivity contribution in [3.63, 3.8) is 0 Å². The smallest absolute Gasteiger partial charge is 0.333 e. The maximum absolute atomic E-state index is 10.8. The fourth-order valence-corrected chi connectivity index (χ4v) is 1.36. The molecule has 0 aliphatic carbocycles. The van der Waals surface area contributed by atoms with Gasteiger partial charge < -0.3 is 5.32 Å². The minimum atomic E-state index is -0.385. The number of hydrogen-bond donors (Lipinski definition) is 1. The van der Waals surface area contributed by atoms with Crippen LogP contribution in [-0.2, 0) is 13.5 Å². The van der Waals surface area contributed by atoms with Crippen LogP contribution >= 0.6 is 0 Å². The molecule has 0 aromatic carbocycles. The number of nitrogens with one attached hydrogen (secondary N) is 1. The van der Waals surface area contributed by atoms with Crippen molar-refractivity contribution in [3.05, 3.63) is 15.8 Å². The summed E-state index contributed by atoms with van der Waals surface area (Å²) in [6, 6.07) is 0. The van der Waals surface area contributed by atoms with Gasteiger partial charge in [0.1, 0.15) is 5.69 Å². The zero-order valence-electron chi connectivity index (χ0n) is 8.57. The highest BCUT2D eigenvalue weighted by Crippen LogP contribution is 2.27. The molecule has 1 rings (SSSR count). The number of anilines is 1. The van der Waals surface area contributed by atoms with Gasteiger partial charge in [-0.1, -0.05) is 6.92 Å². The molecule has 6 nitrogen and oxygen atoms in total. The third kappa shape index (κ3) is 1.68. The van der Waals surface area contributed by atoms with E-state index >= 15 is 0 Å². The molecule has 0 fully saturated rings. The van der Waals surface area contributed by atoms with Crippen molar-refractivity contribution in [1.29, 1.82) is 0 Å². The average Bonchev–Trinajstić information content (AvgIpc) is 2.44. The van der Waals surface area contributed by atoms with Gasteiger partial charge in [-0.3, -0.25) is 10.1 Å². The van der Waals surface area contributed by atoms with Crippen LogP contribution in [0.1, 0.15) is 19.5 Å². The standard InChI is InChI=1S/C8H14N4O2/c1-4-6-7(12(13)14)8(9-5-2)11(3)10-6/h9H,4-5H2,1-3H3. The summed E-state index contributed by atoms with van der Waals surface area (Å²) >= 11 is 0. The Bertz CT molecular complexity index is 345. The molecule has 0 amide bonds. The normalized spacial score (nSPS) is 10.2. The molecule has 1 aromatic rings. The summed E-state index contributed by atoms with van der Waals surface area (Å²) in [4.78, 5) is 10.4. The predicted molar refractivity (Wildman–Crippen MR) is 53.4 cm³/mol. The van der Waals surface area contributed by atoms with Gasteiger partial charge in [-0.2, -0.15) is 5.10 Å². The lowest BCUT2D eigenvalue weighted by atomic mass is 10.3. The lowest BCUT2D eigenvalue weighted by Crippen LogP contribution is -2.05. The molecule has 0 spiro atoms. The molecular formula is C8H14N4O2. The zero-order chi connectivity index (χ0) is 10.7. The van der Waals surface area contributed by atoms with Crippen LogP contribution in [0.5, 0.6) is 0 Å². The Balaban J connectivity index is 3.23. The number of hydrogen-bond acceptors (Lipinski definition) is 4. The van der Waals surface area contributed by atoms with Crippen molar-refractivity contribution in [3.8, 4) is 0 Å². The van der Waals surface area contributed by atoms with Crippen molar-refractivity contribution in [1.82, 2.24) is 9.78 Å². The largest absolute Gasteiger partial charge is 0.365 e. The first-order valence-electron chi connectivity index (χ1n) is 4.55. The highest BCUT2D eigenvalue weighted by molar-refractivity contribution is 5.59. The Kier molecular flexibility index (Phi) is 3.06. The van der Waals surface area contributed by atoms with Crippen LogP contribution in [0.25, 0.3) is 0 Å². The summed E-state index contributed by atoms with van der Waals surface area (Å²) < 4.78 is 1.51. The molecule has 0 saturated heterocycles. The summed E-state index contributed by atoms with van der Waals surface area (Å²) in [6.45, 7) is 4.39. The molecule has 0 bridgehead atoms. The molecule has 0 unspecified atom stereocenters. The Morgan fingerprint density at radius 2 is 2.21 bits per heavy atom. The summed E-state index contributed by atoms with van der Waals surface area (Å²) in [5, 5.41) is 17.8. The summed E-state index contributed by atoms with van der Waals surface area (Å²) in [6.07, 6.45) is 0.565. The molecule has 1 aromatic heterocycles. The number of aromatic nitrogens is 2. The fraction of sp³-hybridized carbons (Fsp3) is 0.625. The van der Waals surface area contributed by atoms with Gasteiger partial charge in [0.05, 0.1) is 4.92 Å². The molecule has 0 aliphatic heterocycles. The number of nitro groups is 1. The van der Waals surface area contributed by atoms with E-state index in [-0.39, 0.29) is 10.6 Å². The third-order valence-electron chi connectivity index (χ3n) is 1.95. The molecule has 0 radical (unpaired) electrons. The van der Waals surface area contributed by atoms with E-state index in [2.05, 4.69) is 10.4 Å². The van der Waals surface area contributed by atoms with Gasteiger partial charge in [0, 0.05) is 13.6 Å². The van der Waals surface area contributed by atoms with Crippen LogP contribution in [-0.4, -0.2) is 21.2 Å². The first-order valence-corrected chi connectivity index (χ1v) is 4.55. The van der Waals surface area contributed by atoms with E-state index in [1.54, 1.807) is 7.05 Å². The molecule has 0 saturated carbocycles. The van der Waals surface area contributed by atoms with Crippen molar-refractivity contribution in [2.45, 2.75) is 20.3 Å². The van der Waals surface area contributed by atoms with Crippen LogP contribution in [0.3, 0.4) is 0 Å². The van der Waals surface area contributed by atoms with Crippen molar-refractivity contribution in [2.24, 2.45) is 7.05 Å². The van der Waals surface area contributed by atoms with Gasteiger partial charge in [-0.15, -0.1) is 0 Å². The van der Waals surface area contributed by atoms with E-state index in [1.807, 2.05) is 13.8 Å². The molecule has 0 atom stereocenters. The van der Waals surface area contributed by atoms with Gasteiger partial charge >= 0.3 is 5.69 Å². The van der Waals surface area contributed by atoms with Gasteiger partial charge in [-0.25, -0.2) is 4.68 Å². The lowest BCUT2D eigenvalue weighted by Gasteiger charge is -2.01. The number of nitrogens with zero attached hydrogens (tertiary/aromatic N) is 3. The van der Waals surface area contributed by atoms with Gasteiger partial charge in [0.15, 0.2) is 0 Å². The van der Waals surface area contributed by atoms with Gasteiger partial charge in [-0.05, 0) is 13.3 Å². The lowest BCUT2D eigenvalue weighted by molar-refractivity contribution is -0.384. The minimum Gasteiger partial charge on any atom is -0.365 e. The fourth-order valence-electron chi connectivity index (χ4n) is 1.36. The highest BCUT2D eigenvalue weighted by Gasteiger charge is 2.24. The zero-order valence-corrected chi connectivity index (χ0v) is 8.57. The van der Waals surface area contributed by atoms with E-state index in [0.717, 1.165) is 0 Å². The summed E-state index contributed by atoms with van der Waals surface area (Å²) in [5.41, 5.74) is 0.616. The van der Waals surface area contributed by atoms with Gasteiger partial charge in [0.25, 0.3) is 0 Å². The SMILES string of the molecule is CCNc1c([N+](=O)[O-])c(CC)nn1C.